The fraction of sp³-hybridized carbons (Fsp3) is 0.455. The maximum Gasteiger partial charge on any atom is 0.0710 e. The smallest absolute Gasteiger partial charge is 0.0710 e. The third-order valence-corrected chi connectivity index (χ3v) is 3.42. The van der Waals surface area contributed by atoms with Crippen LogP contribution < -0.4 is 5.32 Å². The van der Waals surface area contributed by atoms with Crippen LogP contribution in [0, 0.1) is 6.92 Å². The Morgan fingerprint density at radius 1 is 1.40 bits per heavy atom. The van der Waals surface area contributed by atoms with E-state index in [0.717, 1.165) is 20.7 Å². The van der Waals surface area contributed by atoms with Gasteiger partial charge in [0.1, 0.15) is 0 Å². The molecule has 1 aromatic rings. The molecule has 0 saturated heterocycles. The summed E-state index contributed by atoms with van der Waals surface area (Å²) < 4.78 is 0.955. The normalized spacial score (nSPS) is 14.8. The molecule has 0 fully saturated rings. The molecule has 0 aliphatic heterocycles. The molecule has 2 atom stereocenters. The van der Waals surface area contributed by atoms with Gasteiger partial charge in [0.15, 0.2) is 0 Å². The van der Waals surface area contributed by atoms with E-state index in [1.165, 1.54) is 0 Å². The van der Waals surface area contributed by atoms with E-state index < -0.39 is 6.10 Å². The molecular weight excluding hydrogens is 277 g/mol. The van der Waals surface area contributed by atoms with Gasteiger partial charge in [-0.1, -0.05) is 11.6 Å². The number of anilines is 1. The monoisotopic (exact) mass is 291 g/mol. The minimum absolute atomic E-state index is 0.0138. The Hall–Kier alpha value is -0.250. The van der Waals surface area contributed by atoms with Gasteiger partial charge in [-0.15, -0.1) is 0 Å². The van der Waals surface area contributed by atoms with E-state index >= 15 is 0 Å². The lowest BCUT2D eigenvalue weighted by molar-refractivity contribution is 0.178. The molecule has 84 valence electrons. The summed E-state index contributed by atoms with van der Waals surface area (Å²) in [6, 6.07) is 3.80. The third kappa shape index (κ3) is 3.37. The highest BCUT2D eigenvalue weighted by Gasteiger charge is 2.11. The summed E-state index contributed by atoms with van der Waals surface area (Å²) in [6.07, 6.45) is -0.406. The maximum atomic E-state index is 9.39. The van der Waals surface area contributed by atoms with Gasteiger partial charge in [0.25, 0.3) is 0 Å². The SMILES string of the molecule is Cc1cc(Br)c(NC(C)C(C)O)cc1Cl. The molecule has 4 heteroatoms. The van der Waals surface area contributed by atoms with Crippen LogP contribution in [0.15, 0.2) is 16.6 Å². The first kappa shape index (κ1) is 12.8. The van der Waals surface area contributed by atoms with E-state index in [2.05, 4.69) is 21.2 Å². The van der Waals surface area contributed by atoms with Crippen molar-refractivity contribution in [2.75, 3.05) is 5.32 Å². The summed E-state index contributed by atoms with van der Waals surface area (Å²) in [5, 5.41) is 13.3. The average Bonchev–Trinajstić information content (AvgIpc) is 2.13. The predicted octanol–water partition coefficient (Wildman–Crippen LogP) is 3.59. The van der Waals surface area contributed by atoms with Crippen LogP contribution >= 0.6 is 27.5 Å². The minimum atomic E-state index is -0.406. The number of benzene rings is 1. The van der Waals surface area contributed by atoms with Gasteiger partial charge in [-0.05, 0) is 54.4 Å². The van der Waals surface area contributed by atoms with Crippen molar-refractivity contribution in [2.45, 2.75) is 32.9 Å². The van der Waals surface area contributed by atoms with Gasteiger partial charge < -0.3 is 10.4 Å². The van der Waals surface area contributed by atoms with E-state index in [1.54, 1.807) is 6.92 Å². The van der Waals surface area contributed by atoms with E-state index in [-0.39, 0.29) is 6.04 Å². The molecule has 15 heavy (non-hydrogen) atoms. The summed E-state index contributed by atoms with van der Waals surface area (Å²) in [5.41, 5.74) is 1.93. The molecular formula is C11H15BrClNO. The lowest BCUT2D eigenvalue weighted by Gasteiger charge is -2.19. The van der Waals surface area contributed by atoms with Gasteiger partial charge >= 0.3 is 0 Å². The molecule has 1 aromatic carbocycles. The number of hydrogen-bond donors (Lipinski definition) is 2. The van der Waals surface area contributed by atoms with Gasteiger partial charge in [-0.2, -0.15) is 0 Å². The van der Waals surface area contributed by atoms with Crippen LogP contribution in [0.2, 0.25) is 5.02 Å². The molecule has 0 saturated carbocycles. The van der Waals surface area contributed by atoms with Crippen LogP contribution in [0.4, 0.5) is 5.69 Å². The van der Waals surface area contributed by atoms with Crippen molar-refractivity contribution >= 4 is 33.2 Å². The molecule has 0 aliphatic carbocycles. The first-order valence-electron chi connectivity index (χ1n) is 4.82. The molecule has 2 nitrogen and oxygen atoms in total. The molecule has 0 aromatic heterocycles. The zero-order valence-corrected chi connectivity index (χ0v) is 11.4. The van der Waals surface area contributed by atoms with Gasteiger partial charge in [0.2, 0.25) is 0 Å². The molecule has 2 N–H and O–H groups in total. The van der Waals surface area contributed by atoms with E-state index in [0.29, 0.717) is 0 Å². The zero-order valence-electron chi connectivity index (χ0n) is 9.01. The van der Waals surface area contributed by atoms with Crippen LogP contribution in [-0.4, -0.2) is 17.3 Å². The van der Waals surface area contributed by atoms with E-state index in [1.807, 2.05) is 26.0 Å². The fourth-order valence-electron chi connectivity index (χ4n) is 1.12. The molecule has 1 rings (SSSR count). The Bertz CT molecular complexity index is 355. The van der Waals surface area contributed by atoms with E-state index in [4.69, 9.17) is 11.6 Å². The Balaban J connectivity index is 2.91. The van der Waals surface area contributed by atoms with Crippen molar-refractivity contribution in [1.29, 1.82) is 0 Å². The summed E-state index contributed by atoms with van der Waals surface area (Å²) in [5.74, 6) is 0. The van der Waals surface area contributed by atoms with Gasteiger partial charge in [-0.25, -0.2) is 0 Å². The second-order valence-electron chi connectivity index (χ2n) is 3.75. The third-order valence-electron chi connectivity index (χ3n) is 2.36. The van der Waals surface area contributed by atoms with Crippen LogP contribution in [-0.2, 0) is 0 Å². The quantitative estimate of drug-likeness (QED) is 0.892. The van der Waals surface area contributed by atoms with Crippen molar-refractivity contribution in [2.24, 2.45) is 0 Å². The fourth-order valence-corrected chi connectivity index (χ4v) is 1.86. The molecule has 0 amide bonds. The minimum Gasteiger partial charge on any atom is -0.391 e. The summed E-state index contributed by atoms with van der Waals surface area (Å²) in [7, 11) is 0. The number of aryl methyl sites for hydroxylation is 1. The largest absolute Gasteiger partial charge is 0.391 e. The molecule has 0 spiro atoms. The molecule has 0 aliphatic rings. The van der Waals surface area contributed by atoms with Gasteiger partial charge in [0.05, 0.1) is 11.8 Å². The maximum absolute atomic E-state index is 9.39. The highest BCUT2D eigenvalue weighted by atomic mass is 79.9. The van der Waals surface area contributed by atoms with Crippen LogP contribution in [0.5, 0.6) is 0 Å². The second-order valence-corrected chi connectivity index (χ2v) is 5.02. The lowest BCUT2D eigenvalue weighted by Crippen LogP contribution is -2.27. The molecule has 2 unspecified atom stereocenters. The van der Waals surface area contributed by atoms with Crippen LogP contribution in [0.3, 0.4) is 0 Å². The number of aliphatic hydroxyl groups is 1. The van der Waals surface area contributed by atoms with Crippen molar-refractivity contribution in [3.8, 4) is 0 Å². The Morgan fingerprint density at radius 3 is 2.53 bits per heavy atom. The van der Waals surface area contributed by atoms with E-state index in [9.17, 15) is 5.11 Å². The van der Waals surface area contributed by atoms with Crippen molar-refractivity contribution in [1.82, 2.24) is 0 Å². The summed E-state index contributed by atoms with van der Waals surface area (Å²) in [4.78, 5) is 0. The topological polar surface area (TPSA) is 32.3 Å². The van der Waals surface area contributed by atoms with Crippen LogP contribution in [0.25, 0.3) is 0 Å². The highest BCUT2D eigenvalue weighted by molar-refractivity contribution is 9.10. The Labute approximate surface area is 104 Å². The predicted molar refractivity (Wildman–Crippen MR) is 68.7 cm³/mol. The summed E-state index contributed by atoms with van der Waals surface area (Å²) in [6.45, 7) is 5.63. The van der Waals surface area contributed by atoms with Crippen molar-refractivity contribution in [3.63, 3.8) is 0 Å². The number of nitrogens with one attached hydrogen (secondary N) is 1. The number of aliphatic hydroxyl groups excluding tert-OH is 1. The lowest BCUT2D eigenvalue weighted by atomic mass is 10.2. The van der Waals surface area contributed by atoms with Gasteiger partial charge in [-0.3, -0.25) is 0 Å². The highest BCUT2D eigenvalue weighted by Crippen LogP contribution is 2.29. The van der Waals surface area contributed by atoms with Gasteiger partial charge in [0, 0.05) is 15.5 Å². The number of halogens is 2. The molecule has 0 radical (unpaired) electrons. The molecule has 0 bridgehead atoms. The first-order chi connectivity index (χ1) is 6.91. The standard InChI is InChI=1S/C11H15BrClNO/c1-6-4-9(12)11(5-10(6)13)14-7(2)8(3)15/h4-5,7-8,14-15H,1-3H3. The Morgan fingerprint density at radius 2 is 2.00 bits per heavy atom. The number of hydrogen-bond acceptors (Lipinski definition) is 2. The number of rotatable bonds is 3. The molecule has 0 heterocycles. The van der Waals surface area contributed by atoms with Crippen LogP contribution in [0.1, 0.15) is 19.4 Å². The second kappa shape index (κ2) is 5.19. The summed E-state index contributed by atoms with van der Waals surface area (Å²) >= 11 is 9.48. The first-order valence-corrected chi connectivity index (χ1v) is 5.99. The zero-order chi connectivity index (χ0) is 11.6. The average molecular weight is 293 g/mol. The van der Waals surface area contributed by atoms with Crippen molar-refractivity contribution in [3.05, 3.63) is 27.2 Å². The Kier molecular flexibility index (Phi) is 4.44. The van der Waals surface area contributed by atoms with Crippen molar-refractivity contribution < 1.29 is 5.11 Å².